The van der Waals surface area contributed by atoms with Gasteiger partial charge in [0.1, 0.15) is 22.7 Å². The molecular formula is C23H30O4. The van der Waals surface area contributed by atoms with Crippen LogP contribution < -0.4 is 4.74 Å². The van der Waals surface area contributed by atoms with Gasteiger partial charge in [-0.05, 0) is 72.4 Å². The SMILES string of the molecule is CC(C)=C/C=C/[C@@]1(C)CCc2c(O)c(C(=O)O)c(C)c(CC=C(C)C)c2O1. The van der Waals surface area contributed by atoms with Crippen LogP contribution in [0.1, 0.15) is 68.1 Å². The first-order valence-electron chi connectivity index (χ1n) is 9.31. The molecule has 1 atom stereocenters. The van der Waals surface area contributed by atoms with Gasteiger partial charge in [-0.25, -0.2) is 4.79 Å². The first kappa shape index (κ1) is 20.8. The second kappa shape index (κ2) is 8.03. The van der Waals surface area contributed by atoms with Crippen LogP contribution >= 0.6 is 0 Å². The van der Waals surface area contributed by atoms with Crippen molar-refractivity contribution in [3.63, 3.8) is 0 Å². The van der Waals surface area contributed by atoms with Crippen LogP contribution in [0.3, 0.4) is 0 Å². The minimum absolute atomic E-state index is 0.0156. The lowest BCUT2D eigenvalue weighted by Crippen LogP contribution is -2.35. The normalized spacial score (nSPS) is 18.6. The first-order valence-corrected chi connectivity index (χ1v) is 9.31. The van der Waals surface area contributed by atoms with Crippen LogP contribution in [0.2, 0.25) is 0 Å². The molecule has 4 heteroatoms. The maximum atomic E-state index is 11.7. The largest absolute Gasteiger partial charge is 0.507 e. The summed E-state index contributed by atoms with van der Waals surface area (Å²) in [7, 11) is 0. The molecule has 1 aliphatic rings. The number of hydrogen-bond acceptors (Lipinski definition) is 3. The molecule has 0 bridgehead atoms. The minimum Gasteiger partial charge on any atom is -0.507 e. The van der Waals surface area contributed by atoms with Crippen molar-refractivity contribution in [2.45, 2.75) is 66.4 Å². The third-order valence-corrected chi connectivity index (χ3v) is 4.91. The third kappa shape index (κ3) is 4.62. The quantitative estimate of drug-likeness (QED) is 0.529. The highest BCUT2D eigenvalue weighted by atomic mass is 16.5. The molecule has 2 rings (SSSR count). The van der Waals surface area contributed by atoms with Crippen molar-refractivity contribution in [3.8, 4) is 11.5 Å². The Labute approximate surface area is 161 Å². The summed E-state index contributed by atoms with van der Waals surface area (Å²) < 4.78 is 6.36. The number of benzene rings is 1. The van der Waals surface area contributed by atoms with Gasteiger partial charge in [-0.2, -0.15) is 0 Å². The average Bonchev–Trinajstić information content (AvgIpc) is 2.53. The smallest absolute Gasteiger partial charge is 0.339 e. The number of carboxylic acid groups (broad SMARTS) is 1. The van der Waals surface area contributed by atoms with Crippen LogP contribution in [-0.4, -0.2) is 21.8 Å². The summed E-state index contributed by atoms with van der Waals surface area (Å²) in [4.78, 5) is 11.7. The van der Waals surface area contributed by atoms with Crippen molar-refractivity contribution >= 4 is 5.97 Å². The van der Waals surface area contributed by atoms with Gasteiger partial charge >= 0.3 is 5.97 Å². The van der Waals surface area contributed by atoms with Crippen LogP contribution in [0.4, 0.5) is 0 Å². The van der Waals surface area contributed by atoms with Crippen LogP contribution in [0.25, 0.3) is 0 Å². The second-order valence-corrected chi connectivity index (χ2v) is 7.94. The number of ether oxygens (including phenoxy) is 1. The van der Waals surface area contributed by atoms with E-state index in [1.807, 2.05) is 52.8 Å². The molecule has 146 valence electrons. The second-order valence-electron chi connectivity index (χ2n) is 7.94. The summed E-state index contributed by atoms with van der Waals surface area (Å²) in [5, 5.41) is 20.2. The van der Waals surface area contributed by atoms with Gasteiger partial charge in [-0.3, -0.25) is 0 Å². The van der Waals surface area contributed by atoms with E-state index in [0.717, 1.165) is 11.1 Å². The van der Waals surface area contributed by atoms with E-state index in [0.29, 0.717) is 36.1 Å². The topological polar surface area (TPSA) is 66.8 Å². The first-order chi connectivity index (χ1) is 12.6. The molecule has 1 aromatic carbocycles. The summed E-state index contributed by atoms with van der Waals surface area (Å²) in [6, 6.07) is 0. The Morgan fingerprint density at radius 1 is 1.22 bits per heavy atom. The Morgan fingerprint density at radius 2 is 1.89 bits per heavy atom. The Balaban J connectivity index is 2.60. The molecule has 27 heavy (non-hydrogen) atoms. The molecule has 0 radical (unpaired) electrons. The van der Waals surface area contributed by atoms with Gasteiger partial charge in [-0.15, -0.1) is 0 Å². The summed E-state index contributed by atoms with van der Waals surface area (Å²) in [6.07, 6.45) is 9.93. The summed E-state index contributed by atoms with van der Waals surface area (Å²) >= 11 is 0. The number of rotatable bonds is 5. The maximum Gasteiger partial charge on any atom is 0.339 e. The molecule has 0 amide bonds. The van der Waals surface area contributed by atoms with Gasteiger partial charge in [-0.1, -0.05) is 29.4 Å². The highest BCUT2D eigenvalue weighted by Gasteiger charge is 2.35. The number of phenols is 1. The molecule has 0 saturated heterocycles. The summed E-state index contributed by atoms with van der Waals surface area (Å²) in [5.74, 6) is -0.641. The zero-order valence-corrected chi connectivity index (χ0v) is 17.1. The molecule has 2 N–H and O–H groups in total. The fourth-order valence-corrected chi connectivity index (χ4v) is 3.33. The fraction of sp³-hybridized carbons (Fsp3) is 0.435. The molecule has 0 aliphatic carbocycles. The van der Waals surface area contributed by atoms with Crippen molar-refractivity contribution in [1.82, 2.24) is 0 Å². The van der Waals surface area contributed by atoms with Gasteiger partial charge in [0.2, 0.25) is 0 Å². The Kier molecular flexibility index (Phi) is 6.19. The van der Waals surface area contributed by atoms with Gasteiger partial charge in [0.25, 0.3) is 0 Å². The summed E-state index contributed by atoms with van der Waals surface area (Å²) in [5.41, 5.74) is 3.84. The fourth-order valence-electron chi connectivity index (χ4n) is 3.33. The highest BCUT2D eigenvalue weighted by molar-refractivity contribution is 5.94. The van der Waals surface area contributed by atoms with E-state index in [-0.39, 0.29) is 11.3 Å². The molecule has 0 spiro atoms. The van der Waals surface area contributed by atoms with Crippen molar-refractivity contribution in [1.29, 1.82) is 0 Å². The minimum atomic E-state index is -1.11. The van der Waals surface area contributed by atoms with Crippen molar-refractivity contribution < 1.29 is 19.7 Å². The van der Waals surface area contributed by atoms with E-state index in [4.69, 9.17) is 4.74 Å². The standard InChI is InChI=1S/C23H30O4/c1-14(2)8-7-12-23(6)13-11-18-20(24)19(22(25)26)16(5)17(21(18)27-23)10-9-15(3)4/h7-9,12,24H,10-11,13H2,1-6H3,(H,25,26)/b12-7+/t23-/m0/s1. The van der Waals surface area contributed by atoms with E-state index < -0.39 is 11.6 Å². The average molecular weight is 370 g/mol. The van der Waals surface area contributed by atoms with E-state index in [1.54, 1.807) is 6.92 Å². The van der Waals surface area contributed by atoms with Crippen LogP contribution in [0.5, 0.6) is 11.5 Å². The lowest BCUT2D eigenvalue weighted by atomic mass is 9.86. The van der Waals surface area contributed by atoms with E-state index >= 15 is 0 Å². The number of hydrogen-bond donors (Lipinski definition) is 2. The molecule has 0 aromatic heterocycles. The maximum absolute atomic E-state index is 11.7. The summed E-state index contributed by atoms with van der Waals surface area (Å²) in [6.45, 7) is 11.9. The molecule has 1 heterocycles. The molecule has 4 nitrogen and oxygen atoms in total. The lowest BCUT2D eigenvalue weighted by Gasteiger charge is -2.36. The Morgan fingerprint density at radius 3 is 2.44 bits per heavy atom. The molecular weight excluding hydrogens is 340 g/mol. The van der Waals surface area contributed by atoms with Crippen LogP contribution in [-0.2, 0) is 12.8 Å². The van der Waals surface area contributed by atoms with Crippen LogP contribution in [0.15, 0.2) is 35.5 Å². The number of fused-ring (bicyclic) bond motifs is 1. The van der Waals surface area contributed by atoms with Gasteiger partial charge in [0.15, 0.2) is 0 Å². The van der Waals surface area contributed by atoms with Crippen molar-refractivity contribution in [2.24, 2.45) is 0 Å². The Hall–Kier alpha value is -2.49. The molecule has 0 fully saturated rings. The Bertz CT molecular complexity index is 835. The number of carbonyl (C=O) groups is 1. The van der Waals surface area contributed by atoms with E-state index in [1.165, 1.54) is 5.57 Å². The van der Waals surface area contributed by atoms with Crippen LogP contribution in [0, 0.1) is 6.92 Å². The zero-order valence-electron chi connectivity index (χ0n) is 17.1. The predicted molar refractivity (Wildman–Crippen MR) is 109 cm³/mol. The number of aromatic carboxylic acids is 1. The highest BCUT2D eigenvalue weighted by Crippen LogP contribution is 2.45. The number of aromatic hydroxyl groups is 1. The zero-order chi connectivity index (χ0) is 20.4. The van der Waals surface area contributed by atoms with E-state index in [2.05, 4.69) is 6.08 Å². The molecule has 0 unspecified atom stereocenters. The number of allylic oxidation sites excluding steroid dienone is 5. The molecule has 1 aromatic rings. The van der Waals surface area contributed by atoms with Crippen molar-refractivity contribution in [3.05, 3.63) is 57.7 Å². The van der Waals surface area contributed by atoms with Gasteiger partial charge in [0.05, 0.1) is 0 Å². The predicted octanol–water partition coefficient (Wildman–Crippen LogP) is 5.51. The van der Waals surface area contributed by atoms with E-state index in [9.17, 15) is 15.0 Å². The van der Waals surface area contributed by atoms with Gasteiger partial charge in [0, 0.05) is 11.1 Å². The number of carboxylic acids is 1. The monoisotopic (exact) mass is 370 g/mol. The van der Waals surface area contributed by atoms with Crippen molar-refractivity contribution in [2.75, 3.05) is 0 Å². The molecule has 1 aliphatic heterocycles. The third-order valence-electron chi connectivity index (χ3n) is 4.91. The molecule has 0 saturated carbocycles. The van der Waals surface area contributed by atoms with Gasteiger partial charge < -0.3 is 14.9 Å². The lowest BCUT2D eigenvalue weighted by molar-refractivity contribution is 0.0691.